The van der Waals surface area contributed by atoms with Crippen molar-refractivity contribution >= 4 is 5.69 Å². The molecule has 0 amide bonds. The van der Waals surface area contributed by atoms with Gasteiger partial charge in [-0.1, -0.05) is 68.7 Å². The van der Waals surface area contributed by atoms with E-state index in [0.29, 0.717) is 0 Å². The van der Waals surface area contributed by atoms with Crippen LogP contribution < -0.4 is 5.32 Å². The first kappa shape index (κ1) is 15.6. The Morgan fingerprint density at radius 3 is 2.57 bits per heavy atom. The summed E-state index contributed by atoms with van der Waals surface area (Å²) in [6, 6.07) is 18.4. The third-order valence-corrected chi connectivity index (χ3v) is 3.69. The molecule has 2 aromatic carbocycles. The third-order valence-electron chi connectivity index (χ3n) is 3.69. The van der Waals surface area contributed by atoms with Crippen LogP contribution in [-0.4, -0.2) is 5.11 Å². The van der Waals surface area contributed by atoms with E-state index in [4.69, 9.17) is 0 Å². The maximum Gasteiger partial charge on any atom is 0.0790 e. The highest BCUT2D eigenvalue weighted by molar-refractivity contribution is 5.43. The van der Waals surface area contributed by atoms with Crippen LogP contribution in [0.15, 0.2) is 54.6 Å². The van der Waals surface area contributed by atoms with Crippen LogP contribution in [0.5, 0.6) is 0 Å². The molecule has 2 N–H and O–H groups in total. The summed E-state index contributed by atoms with van der Waals surface area (Å²) in [7, 11) is 0. The Hall–Kier alpha value is -1.80. The molecule has 0 aliphatic heterocycles. The molecule has 0 bridgehead atoms. The van der Waals surface area contributed by atoms with Gasteiger partial charge in [0.15, 0.2) is 0 Å². The van der Waals surface area contributed by atoms with E-state index >= 15 is 0 Å². The molecule has 2 rings (SSSR count). The maximum absolute atomic E-state index is 10.2. The number of aliphatic hydroxyl groups excluding tert-OH is 1. The lowest BCUT2D eigenvalue weighted by molar-refractivity contribution is 0.163. The number of anilines is 1. The fourth-order valence-electron chi connectivity index (χ4n) is 2.42. The first-order valence-corrected chi connectivity index (χ1v) is 7.85. The van der Waals surface area contributed by atoms with Crippen molar-refractivity contribution in [2.75, 3.05) is 5.32 Å². The van der Waals surface area contributed by atoms with Gasteiger partial charge in [-0.25, -0.2) is 0 Å². The summed E-state index contributed by atoms with van der Waals surface area (Å²) in [6.45, 7) is 2.96. The summed E-state index contributed by atoms with van der Waals surface area (Å²) < 4.78 is 0. The molecule has 0 saturated carbocycles. The molecule has 0 aliphatic carbocycles. The first-order chi connectivity index (χ1) is 10.3. The summed E-state index contributed by atoms with van der Waals surface area (Å²) in [5, 5.41) is 13.6. The number of unbranched alkanes of at least 4 members (excludes halogenated alkanes) is 2. The lowest BCUT2D eigenvalue weighted by Crippen LogP contribution is -2.02. The zero-order valence-corrected chi connectivity index (χ0v) is 12.8. The Kier molecular flexibility index (Phi) is 6.29. The van der Waals surface area contributed by atoms with E-state index < -0.39 is 0 Å². The van der Waals surface area contributed by atoms with Crippen LogP contribution in [0.3, 0.4) is 0 Å². The van der Waals surface area contributed by atoms with Crippen molar-refractivity contribution in [2.24, 2.45) is 0 Å². The van der Waals surface area contributed by atoms with Crippen LogP contribution in [0.25, 0.3) is 0 Å². The second-order valence-corrected chi connectivity index (χ2v) is 5.48. The van der Waals surface area contributed by atoms with Gasteiger partial charge in [0.2, 0.25) is 0 Å². The Morgan fingerprint density at radius 2 is 1.81 bits per heavy atom. The third kappa shape index (κ3) is 5.24. The van der Waals surface area contributed by atoms with Crippen molar-refractivity contribution in [2.45, 2.75) is 45.3 Å². The number of benzene rings is 2. The smallest absolute Gasteiger partial charge is 0.0790 e. The van der Waals surface area contributed by atoms with E-state index in [1.807, 2.05) is 30.3 Å². The predicted molar refractivity (Wildman–Crippen MR) is 89.3 cm³/mol. The van der Waals surface area contributed by atoms with Gasteiger partial charge in [0.1, 0.15) is 0 Å². The number of rotatable bonds is 8. The molecule has 2 heteroatoms. The van der Waals surface area contributed by atoms with E-state index in [1.54, 1.807) is 0 Å². The van der Waals surface area contributed by atoms with Gasteiger partial charge in [0.05, 0.1) is 6.10 Å². The maximum atomic E-state index is 10.2. The molecule has 0 spiro atoms. The normalized spacial score (nSPS) is 12.1. The zero-order chi connectivity index (χ0) is 14.9. The van der Waals surface area contributed by atoms with Gasteiger partial charge in [-0.05, 0) is 29.7 Å². The first-order valence-electron chi connectivity index (χ1n) is 7.85. The molecular weight excluding hydrogens is 258 g/mol. The molecule has 0 aromatic heterocycles. The van der Waals surface area contributed by atoms with E-state index in [1.165, 1.54) is 18.4 Å². The van der Waals surface area contributed by atoms with Gasteiger partial charge in [-0.3, -0.25) is 0 Å². The van der Waals surface area contributed by atoms with Gasteiger partial charge < -0.3 is 10.4 Å². The second kappa shape index (κ2) is 8.48. The molecule has 1 atom stereocenters. The lowest BCUT2D eigenvalue weighted by atomic mass is 10.0. The summed E-state index contributed by atoms with van der Waals surface area (Å²) in [4.78, 5) is 0. The van der Waals surface area contributed by atoms with Crippen molar-refractivity contribution < 1.29 is 5.11 Å². The van der Waals surface area contributed by atoms with Crippen LogP contribution in [0.4, 0.5) is 5.69 Å². The standard InChI is InChI=1S/C19H25NO/c1-2-3-5-13-19(21)17-10-8-9-16(14-17)15-20-18-11-6-4-7-12-18/h4,6-12,14,19-21H,2-3,5,13,15H2,1H3. The highest BCUT2D eigenvalue weighted by Gasteiger charge is 2.07. The Labute approximate surface area is 127 Å². The van der Waals surface area contributed by atoms with Crippen molar-refractivity contribution in [3.63, 3.8) is 0 Å². The number of para-hydroxylation sites is 1. The Balaban J connectivity index is 1.91. The highest BCUT2D eigenvalue weighted by atomic mass is 16.3. The van der Waals surface area contributed by atoms with Crippen LogP contribution in [0.2, 0.25) is 0 Å². The van der Waals surface area contributed by atoms with Crippen LogP contribution in [0.1, 0.15) is 49.8 Å². The van der Waals surface area contributed by atoms with Crippen molar-refractivity contribution in [1.82, 2.24) is 0 Å². The number of aliphatic hydroxyl groups is 1. The molecule has 0 saturated heterocycles. The molecule has 21 heavy (non-hydrogen) atoms. The van der Waals surface area contributed by atoms with Crippen LogP contribution >= 0.6 is 0 Å². The summed E-state index contributed by atoms with van der Waals surface area (Å²) in [5.74, 6) is 0. The predicted octanol–water partition coefficient (Wildman–Crippen LogP) is 4.91. The van der Waals surface area contributed by atoms with Crippen LogP contribution in [-0.2, 0) is 6.54 Å². The molecular formula is C19H25NO. The lowest BCUT2D eigenvalue weighted by Gasteiger charge is -2.13. The van der Waals surface area contributed by atoms with E-state index in [2.05, 4.69) is 36.5 Å². The molecule has 112 valence electrons. The molecule has 0 fully saturated rings. The van der Waals surface area contributed by atoms with Crippen molar-refractivity contribution in [3.05, 3.63) is 65.7 Å². The quantitative estimate of drug-likeness (QED) is 0.674. The summed E-state index contributed by atoms with van der Waals surface area (Å²) >= 11 is 0. The zero-order valence-electron chi connectivity index (χ0n) is 12.8. The van der Waals surface area contributed by atoms with Gasteiger partial charge in [-0.2, -0.15) is 0 Å². The molecule has 2 nitrogen and oxygen atoms in total. The fraction of sp³-hybridized carbons (Fsp3) is 0.368. The average Bonchev–Trinajstić information content (AvgIpc) is 2.54. The van der Waals surface area contributed by atoms with E-state index in [0.717, 1.165) is 30.6 Å². The molecule has 1 unspecified atom stereocenters. The Bertz CT molecular complexity index is 524. The molecule has 0 aliphatic rings. The number of hydrogen-bond donors (Lipinski definition) is 2. The summed E-state index contributed by atoms with van der Waals surface area (Å²) in [6.07, 6.45) is 3.97. The minimum atomic E-state index is -0.340. The number of nitrogens with one attached hydrogen (secondary N) is 1. The van der Waals surface area contributed by atoms with Crippen molar-refractivity contribution in [3.8, 4) is 0 Å². The fourth-order valence-corrected chi connectivity index (χ4v) is 2.42. The monoisotopic (exact) mass is 283 g/mol. The molecule has 2 aromatic rings. The minimum absolute atomic E-state index is 0.340. The van der Waals surface area contributed by atoms with Crippen molar-refractivity contribution in [1.29, 1.82) is 0 Å². The minimum Gasteiger partial charge on any atom is -0.388 e. The highest BCUT2D eigenvalue weighted by Crippen LogP contribution is 2.21. The van der Waals surface area contributed by atoms with E-state index in [9.17, 15) is 5.11 Å². The van der Waals surface area contributed by atoms with Crippen LogP contribution in [0, 0.1) is 0 Å². The topological polar surface area (TPSA) is 32.3 Å². The second-order valence-electron chi connectivity index (χ2n) is 5.48. The Morgan fingerprint density at radius 1 is 1.00 bits per heavy atom. The van der Waals surface area contributed by atoms with Gasteiger partial charge >= 0.3 is 0 Å². The van der Waals surface area contributed by atoms with Gasteiger partial charge in [0.25, 0.3) is 0 Å². The summed E-state index contributed by atoms with van der Waals surface area (Å²) in [5.41, 5.74) is 3.34. The molecule has 0 radical (unpaired) electrons. The van der Waals surface area contributed by atoms with E-state index in [-0.39, 0.29) is 6.10 Å². The van der Waals surface area contributed by atoms with Gasteiger partial charge in [0, 0.05) is 12.2 Å². The average molecular weight is 283 g/mol. The largest absolute Gasteiger partial charge is 0.388 e. The SMILES string of the molecule is CCCCCC(O)c1cccc(CNc2ccccc2)c1. The van der Waals surface area contributed by atoms with Gasteiger partial charge in [-0.15, -0.1) is 0 Å². The number of hydrogen-bond acceptors (Lipinski definition) is 2. The molecule has 0 heterocycles.